The summed E-state index contributed by atoms with van der Waals surface area (Å²) >= 11 is 1.28. The maximum Gasteiger partial charge on any atom is 0.295 e. The second kappa shape index (κ2) is 13.0. The molecule has 5 rings (SSSR count). The number of phenols is 1. The van der Waals surface area contributed by atoms with Crippen LogP contribution in [0.15, 0.2) is 110 Å². The van der Waals surface area contributed by atoms with Gasteiger partial charge in [0.25, 0.3) is 10.1 Å². The van der Waals surface area contributed by atoms with E-state index < -0.39 is 10.1 Å². The Labute approximate surface area is 246 Å². The van der Waals surface area contributed by atoms with Crippen LogP contribution in [0.1, 0.15) is 0 Å². The van der Waals surface area contributed by atoms with E-state index in [2.05, 4.69) is 34.3 Å². The molecule has 0 aliphatic heterocycles. The van der Waals surface area contributed by atoms with Crippen molar-refractivity contribution >= 4 is 78.5 Å². The van der Waals surface area contributed by atoms with Crippen LogP contribution in [0, 0.1) is 0 Å². The molecule has 5 aromatic rings. The van der Waals surface area contributed by atoms with E-state index >= 15 is 0 Å². The van der Waals surface area contributed by atoms with Gasteiger partial charge in [0.2, 0.25) is 0 Å². The van der Waals surface area contributed by atoms with Gasteiger partial charge < -0.3 is 10.4 Å². The lowest BCUT2D eigenvalue weighted by Crippen LogP contribution is -2.01. The summed E-state index contributed by atoms with van der Waals surface area (Å²) in [6.45, 7) is 0. The van der Waals surface area contributed by atoms with Gasteiger partial charge in [-0.3, -0.25) is 4.55 Å². The maximum atomic E-state index is 12.3. The predicted molar refractivity (Wildman–Crippen MR) is 155 cm³/mol. The molecule has 0 heterocycles. The van der Waals surface area contributed by atoms with Crippen LogP contribution in [0.25, 0.3) is 21.5 Å². The van der Waals surface area contributed by atoms with Gasteiger partial charge in [0.1, 0.15) is 10.6 Å². The number of nitrogens with one attached hydrogen (secondary N) is 1. The monoisotopic (exact) mass is 629 g/mol. The zero-order valence-electron chi connectivity index (χ0n) is 20.9. The third-order valence-electron chi connectivity index (χ3n) is 5.85. The molecular formula is C26H19N3O10S3. The molecule has 0 unspecified atom stereocenters. The van der Waals surface area contributed by atoms with E-state index in [-0.39, 0.29) is 32.8 Å². The molecule has 0 bridgehead atoms. The number of aromatic hydroxyl groups is 1. The second-order valence-corrected chi connectivity index (χ2v) is 11.4. The van der Waals surface area contributed by atoms with Gasteiger partial charge in [-0.25, -0.2) is 10.5 Å². The van der Waals surface area contributed by atoms with E-state index in [1.807, 2.05) is 18.2 Å². The summed E-state index contributed by atoms with van der Waals surface area (Å²) < 4.78 is 43.6. The van der Waals surface area contributed by atoms with Crippen molar-refractivity contribution in [2.45, 2.75) is 14.7 Å². The van der Waals surface area contributed by atoms with Gasteiger partial charge in [0.05, 0.1) is 40.8 Å². The smallest absolute Gasteiger partial charge is 0.295 e. The van der Waals surface area contributed by atoms with Gasteiger partial charge in [0.15, 0.2) is 0 Å². The van der Waals surface area contributed by atoms with Crippen LogP contribution < -0.4 is 5.32 Å². The van der Waals surface area contributed by atoms with Crippen molar-refractivity contribution in [2.24, 2.45) is 10.2 Å². The number of para-hydroxylation sites is 1. The predicted octanol–water partition coefficient (Wildman–Crippen LogP) is 7.96. The van der Waals surface area contributed by atoms with Crippen LogP contribution in [-0.2, 0) is 28.9 Å². The number of azo groups is 1. The van der Waals surface area contributed by atoms with Gasteiger partial charge >= 0.3 is 0 Å². The standard InChI is InChI=1S/C26H19N3O10S3/c30-23-14-18(41-39-37-32)12-15-11-17(40-38-36-31)13-22(25(15)23)29-28-20-9-10-21(27-16-5-2-1-3-6-16)26-19(20)7-4-8-24(26)42(33,34)35/h1-14,27,30-32H,(H,33,34,35)/b29-28+. The van der Waals surface area contributed by atoms with Crippen molar-refractivity contribution in [3.05, 3.63) is 84.9 Å². The summed E-state index contributed by atoms with van der Waals surface area (Å²) in [4.78, 5) is 0.438. The average molecular weight is 630 g/mol. The molecular weight excluding hydrogens is 610 g/mol. The number of anilines is 2. The zero-order valence-corrected chi connectivity index (χ0v) is 23.4. The summed E-state index contributed by atoms with van der Waals surface area (Å²) in [5, 5.41) is 48.3. The van der Waals surface area contributed by atoms with Crippen LogP contribution in [0.3, 0.4) is 0 Å². The molecule has 5 aromatic carbocycles. The highest BCUT2D eigenvalue weighted by Crippen LogP contribution is 2.42. The molecule has 0 spiro atoms. The van der Waals surface area contributed by atoms with Crippen molar-refractivity contribution < 1.29 is 47.3 Å². The number of nitrogens with zero attached hydrogens (tertiary/aromatic N) is 2. The van der Waals surface area contributed by atoms with E-state index in [0.29, 0.717) is 56.0 Å². The minimum absolute atomic E-state index is 0.176. The SMILES string of the molecule is O=S(=O)(O)c1cccc2c(/N=N/c3cc(SOOO)cc4cc(SOOO)cc(O)c34)ccc(Nc3ccccc3)c12. The zero-order chi connectivity index (χ0) is 29.7. The van der Waals surface area contributed by atoms with Crippen LogP contribution in [0.5, 0.6) is 5.75 Å². The Morgan fingerprint density at radius 3 is 2.07 bits per heavy atom. The topological polar surface area (TPSA) is 189 Å². The third-order valence-corrected chi connectivity index (χ3v) is 7.86. The molecule has 13 nitrogen and oxygen atoms in total. The molecule has 0 aromatic heterocycles. The number of benzene rings is 5. The molecule has 0 saturated heterocycles. The van der Waals surface area contributed by atoms with Crippen molar-refractivity contribution in [2.75, 3.05) is 5.32 Å². The van der Waals surface area contributed by atoms with Gasteiger partial charge in [-0.2, -0.15) is 8.42 Å². The lowest BCUT2D eigenvalue weighted by atomic mass is 10.1. The molecule has 0 fully saturated rings. The van der Waals surface area contributed by atoms with Crippen LogP contribution >= 0.6 is 24.1 Å². The normalized spacial score (nSPS) is 12.0. The molecule has 216 valence electrons. The number of rotatable bonds is 11. The second-order valence-electron chi connectivity index (χ2n) is 8.41. The minimum Gasteiger partial charge on any atom is -0.507 e. The first-order chi connectivity index (χ1) is 20.3. The largest absolute Gasteiger partial charge is 0.507 e. The molecule has 0 amide bonds. The number of hydrogen-bond donors (Lipinski definition) is 5. The summed E-state index contributed by atoms with van der Waals surface area (Å²) in [6, 6.07) is 22.7. The highest BCUT2D eigenvalue weighted by atomic mass is 32.2. The Hall–Kier alpha value is -3.81. The first kappa shape index (κ1) is 29.7. The van der Waals surface area contributed by atoms with E-state index in [4.69, 9.17) is 10.5 Å². The van der Waals surface area contributed by atoms with E-state index in [1.165, 1.54) is 24.3 Å². The minimum atomic E-state index is -4.62. The summed E-state index contributed by atoms with van der Waals surface area (Å²) in [7, 11) is -4.62. The number of fused-ring (bicyclic) bond motifs is 2. The maximum absolute atomic E-state index is 12.3. The third kappa shape index (κ3) is 6.63. The molecule has 5 N–H and O–H groups in total. The first-order valence-corrected chi connectivity index (χ1v) is 14.6. The van der Waals surface area contributed by atoms with Crippen LogP contribution in [0.2, 0.25) is 0 Å². The average Bonchev–Trinajstić information content (AvgIpc) is 2.98. The van der Waals surface area contributed by atoms with Gasteiger partial charge in [-0.15, -0.1) is 18.9 Å². The highest BCUT2D eigenvalue weighted by Gasteiger charge is 2.19. The van der Waals surface area contributed by atoms with Gasteiger partial charge in [-0.05, 0) is 60.0 Å². The Balaban J connectivity index is 1.65. The van der Waals surface area contributed by atoms with Gasteiger partial charge in [-0.1, -0.05) is 40.4 Å². The molecule has 42 heavy (non-hydrogen) atoms. The number of phenolic OH excluding ortho intramolecular Hbond substituents is 1. The Bertz CT molecular complexity index is 1890. The van der Waals surface area contributed by atoms with Crippen LogP contribution in [0.4, 0.5) is 22.7 Å². The lowest BCUT2D eigenvalue weighted by Gasteiger charge is -2.14. The quantitative estimate of drug-likeness (QED) is 0.0311. The van der Waals surface area contributed by atoms with Gasteiger partial charge in [0, 0.05) is 31.9 Å². The lowest BCUT2D eigenvalue weighted by molar-refractivity contribution is -0.432. The summed E-state index contributed by atoms with van der Waals surface area (Å²) in [5.74, 6) is -0.206. The Morgan fingerprint density at radius 1 is 0.738 bits per heavy atom. The van der Waals surface area contributed by atoms with E-state index in [0.717, 1.165) is 0 Å². The van der Waals surface area contributed by atoms with Crippen molar-refractivity contribution in [1.82, 2.24) is 0 Å². The molecule has 0 saturated carbocycles. The van der Waals surface area contributed by atoms with E-state index in [1.54, 1.807) is 42.5 Å². The molecule has 0 radical (unpaired) electrons. The summed E-state index contributed by atoms with van der Waals surface area (Å²) in [5.41, 5.74) is 1.54. The van der Waals surface area contributed by atoms with Crippen LogP contribution in [-0.4, -0.2) is 28.6 Å². The first-order valence-electron chi connectivity index (χ1n) is 11.7. The summed E-state index contributed by atoms with van der Waals surface area (Å²) in [6.07, 6.45) is 0. The Kier molecular flexibility index (Phi) is 9.19. The molecule has 0 aliphatic carbocycles. The molecule has 0 atom stereocenters. The van der Waals surface area contributed by atoms with Crippen molar-refractivity contribution in [3.8, 4) is 5.75 Å². The fourth-order valence-corrected chi connectivity index (χ4v) is 5.87. The molecule has 16 heteroatoms. The fourth-order valence-electron chi connectivity index (χ4n) is 4.25. The van der Waals surface area contributed by atoms with Crippen molar-refractivity contribution in [3.63, 3.8) is 0 Å². The number of hydrogen-bond acceptors (Lipinski definition) is 14. The van der Waals surface area contributed by atoms with E-state index in [9.17, 15) is 18.1 Å². The fraction of sp³-hybridized carbons (Fsp3) is 0. The van der Waals surface area contributed by atoms with Crippen molar-refractivity contribution in [1.29, 1.82) is 0 Å². The highest BCUT2D eigenvalue weighted by molar-refractivity contribution is 7.94. The Morgan fingerprint density at radius 2 is 1.40 bits per heavy atom. The molecule has 0 aliphatic rings.